The first-order chi connectivity index (χ1) is 10.9. The molecular formula is C18H23N3OS. The summed E-state index contributed by atoms with van der Waals surface area (Å²) in [5.74, 6) is 0.911. The van der Waals surface area contributed by atoms with Crippen molar-refractivity contribution < 1.29 is 0 Å². The lowest BCUT2D eigenvalue weighted by Gasteiger charge is -2.20. The van der Waals surface area contributed by atoms with Gasteiger partial charge in [-0.25, -0.2) is 4.98 Å². The van der Waals surface area contributed by atoms with Gasteiger partial charge in [0.15, 0.2) is 0 Å². The number of thioether (sulfide) groups is 1. The van der Waals surface area contributed by atoms with Gasteiger partial charge in [-0.05, 0) is 31.2 Å². The molecule has 0 radical (unpaired) electrons. The van der Waals surface area contributed by atoms with Gasteiger partial charge >= 0.3 is 0 Å². The fourth-order valence-electron chi connectivity index (χ4n) is 2.91. The smallest absolute Gasteiger partial charge is 0.267 e. The number of aromatic nitrogens is 3. The Balaban J connectivity index is 2.12. The number of nitrogens with zero attached hydrogens (tertiary/aromatic N) is 3. The lowest BCUT2D eigenvalue weighted by molar-refractivity contribution is 0.490. The molecule has 0 aromatic carbocycles. The molecule has 0 aliphatic carbocycles. The Bertz CT molecular complexity index is 773. The Hall–Kier alpha value is -1.62. The zero-order valence-corrected chi connectivity index (χ0v) is 15.0. The third-order valence-electron chi connectivity index (χ3n) is 4.25. The molecule has 0 amide bonds. The van der Waals surface area contributed by atoms with Crippen molar-refractivity contribution in [1.29, 1.82) is 0 Å². The molecule has 2 aromatic heterocycles. The van der Waals surface area contributed by atoms with Gasteiger partial charge < -0.3 is 0 Å². The van der Waals surface area contributed by atoms with Gasteiger partial charge in [0.2, 0.25) is 0 Å². The van der Waals surface area contributed by atoms with Crippen molar-refractivity contribution in [1.82, 2.24) is 14.5 Å². The van der Waals surface area contributed by atoms with Gasteiger partial charge in [0.05, 0.1) is 10.6 Å². The number of fused-ring (bicyclic) bond motifs is 1. The molecule has 2 aromatic rings. The van der Waals surface area contributed by atoms with Crippen LogP contribution in [0, 0.1) is 0 Å². The minimum atomic E-state index is 0.0176. The zero-order chi connectivity index (χ0) is 16.6. The molecule has 0 bridgehead atoms. The van der Waals surface area contributed by atoms with E-state index in [1.165, 1.54) is 11.8 Å². The summed E-state index contributed by atoms with van der Waals surface area (Å²) in [5, 5.41) is 0. The van der Waals surface area contributed by atoms with E-state index < -0.39 is 0 Å². The highest BCUT2D eigenvalue weighted by Gasteiger charge is 2.20. The van der Waals surface area contributed by atoms with Crippen LogP contribution in [-0.2, 0) is 18.4 Å². The van der Waals surface area contributed by atoms with Gasteiger partial charge in [-0.1, -0.05) is 20.8 Å². The van der Waals surface area contributed by atoms with Gasteiger partial charge in [-0.15, -0.1) is 11.8 Å². The molecule has 1 aliphatic heterocycles. The Morgan fingerprint density at radius 2 is 2.00 bits per heavy atom. The topological polar surface area (TPSA) is 47.8 Å². The molecule has 0 spiro atoms. The number of aryl methyl sites for hydroxylation is 1. The molecule has 0 saturated heterocycles. The second kappa shape index (κ2) is 6.11. The number of pyridine rings is 1. The second-order valence-electron chi connectivity index (χ2n) is 7.01. The van der Waals surface area contributed by atoms with Crippen molar-refractivity contribution in [2.45, 2.75) is 56.9 Å². The van der Waals surface area contributed by atoms with E-state index in [0.29, 0.717) is 0 Å². The van der Waals surface area contributed by atoms with Crippen LogP contribution in [0.3, 0.4) is 0 Å². The van der Waals surface area contributed by atoms with Crippen LogP contribution in [-0.4, -0.2) is 20.8 Å². The van der Waals surface area contributed by atoms with Crippen LogP contribution in [0.4, 0.5) is 0 Å². The van der Waals surface area contributed by atoms with Crippen molar-refractivity contribution in [2.75, 3.05) is 6.26 Å². The molecule has 0 atom stereocenters. The van der Waals surface area contributed by atoms with Gasteiger partial charge in [-0.3, -0.25) is 14.3 Å². The molecule has 3 heterocycles. The minimum Gasteiger partial charge on any atom is -0.296 e. The Morgan fingerprint density at radius 3 is 2.61 bits per heavy atom. The second-order valence-corrected chi connectivity index (χ2v) is 7.82. The molecule has 0 saturated carbocycles. The van der Waals surface area contributed by atoms with E-state index in [1.807, 2.05) is 29.2 Å². The molecule has 122 valence electrons. The van der Waals surface area contributed by atoms with Crippen LogP contribution in [0.2, 0.25) is 0 Å². The van der Waals surface area contributed by atoms with Crippen molar-refractivity contribution in [3.8, 4) is 11.3 Å². The molecule has 1 aliphatic rings. The van der Waals surface area contributed by atoms with Gasteiger partial charge in [-0.2, -0.15) is 0 Å². The van der Waals surface area contributed by atoms with Gasteiger partial charge in [0.1, 0.15) is 5.82 Å². The Labute approximate surface area is 141 Å². The number of hydrogen-bond donors (Lipinski definition) is 0. The van der Waals surface area contributed by atoms with E-state index >= 15 is 0 Å². The minimum absolute atomic E-state index is 0.0176. The maximum atomic E-state index is 12.7. The standard InChI is InChI=1S/C18H23N3OS/c1-18(2,3)13-9-8-12(11-19-13)15-16(23-4)17(22)21-10-6-5-7-14(21)20-15/h8-9,11H,5-7,10H2,1-4H3. The zero-order valence-electron chi connectivity index (χ0n) is 14.2. The maximum Gasteiger partial charge on any atom is 0.267 e. The first-order valence-electron chi connectivity index (χ1n) is 8.06. The first-order valence-corrected chi connectivity index (χ1v) is 9.29. The summed E-state index contributed by atoms with van der Waals surface area (Å²) >= 11 is 1.48. The van der Waals surface area contributed by atoms with E-state index in [9.17, 15) is 4.79 Å². The largest absolute Gasteiger partial charge is 0.296 e. The fraction of sp³-hybridized carbons (Fsp3) is 0.500. The molecule has 0 unspecified atom stereocenters. The summed E-state index contributed by atoms with van der Waals surface area (Å²) in [4.78, 5) is 22.9. The van der Waals surface area contributed by atoms with Gasteiger partial charge in [0, 0.05) is 35.8 Å². The van der Waals surface area contributed by atoms with E-state index in [2.05, 4.69) is 25.8 Å². The molecule has 0 fully saturated rings. The molecular weight excluding hydrogens is 306 g/mol. The summed E-state index contributed by atoms with van der Waals surface area (Å²) < 4.78 is 1.84. The molecule has 5 heteroatoms. The summed E-state index contributed by atoms with van der Waals surface area (Å²) in [6.45, 7) is 7.22. The summed E-state index contributed by atoms with van der Waals surface area (Å²) in [5.41, 5.74) is 2.86. The summed E-state index contributed by atoms with van der Waals surface area (Å²) in [6.07, 6.45) is 6.83. The molecule has 3 rings (SSSR count). The van der Waals surface area contributed by atoms with Gasteiger partial charge in [0.25, 0.3) is 5.56 Å². The monoisotopic (exact) mass is 329 g/mol. The van der Waals surface area contributed by atoms with Crippen LogP contribution in [0.25, 0.3) is 11.3 Å². The summed E-state index contributed by atoms with van der Waals surface area (Å²) in [7, 11) is 0. The van der Waals surface area contributed by atoms with E-state index in [4.69, 9.17) is 4.98 Å². The summed E-state index contributed by atoms with van der Waals surface area (Å²) in [6, 6.07) is 4.08. The average Bonchev–Trinajstić information content (AvgIpc) is 2.54. The third-order valence-corrected chi connectivity index (χ3v) is 5.02. The van der Waals surface area contributed by atoms with Crippen molar-refractivity contribution in [2.24, 2.45) is 0 Å². The van der Waals surface area contributed by atoms with Crippen LogP contribution >= 0.6 is 11.8 Å². The lowest BCUT2D eigenvalue weighted by Crippen LogP contribution is -2.30. The highest BCUT2D eigenvalue weighted by atomic mass is 32.2. The maximum absolute atomic E-state index is 12.7. The highest BCUT2D eigenvalue weighted by Crippen LogP contribution is 2.28. The predicted octanol–water partition coefficient (Wildman–Crippen LogP) is 3.66. The quantitative estimate of drug-likeness (QED) is 0.789. The van der Waals surface area contributed by atoms with Crippen LogP contribution in [0.5, 0.6) is 0 Å². The van der Waals surface area contributed by atoms with Crippen molar-refractivity contribution in [3.05, 3.63) is 40.2 Å². The van der Waals surface area contributed by atoms with E-state index in [-0.39, 0.29) is 11.0 Å². The fourth-order valence-corrected chi connectivity index (χ4v) is 3.55. The van der Waals surface area contributed by atoms with Crippen LogP contribution in [0.15, 0.2) is 28.0 Å². The highest BCUT2D eigenvalue weighted by molar-refractivity contribution is 7.98. The number of hydrogen-bond acceptors (Lipinski definition) is 4. The van der Waals surface area contributed by atoms with E-state index in [1.54, 1.807) is 0 Å². The number of rotatable bonds is 2. The first kappa shape index (κ1) is 16.2. The third kappa shape index (κ3) is 3.07. The van der Waals surface area contributed by atoms with Crippen molar-refractivity contribution in [3.63, 3.8) is 0 Å². The van der Waals surface area contributed by atoms with Crippen molar-refractivity contribution >= 4 is 11.8 Å². The normalized spacial score (nSPS) is 14.6. The Morgan fingerprint density at radius 1 is 1.22 bits per heavy atom. The molecule has 4 nitrogen and oxygen atoms in total. The SMILES string of the molecule is CSc1c(-c2ccc(C(C)(C)C)nc2)nc2n(c1=O)CCCC2. The molecule has 0 N–H and O–H groups in total. The van der Waals surface area contributed by atoms with E-state index in [0.717, 1.165) is 53.5 Å². The molecule has 23 heavy (non-hydrogen) atoms. The van der Waals surface area contributed by atoms with Crippen LogP contribution < -0.4 is 5.56 Å². The predicted molar refractivity (Wildman–Crippen MR) is 95.1 cm³/mol. The lowest BCUT2D eigenvalue weighted by atomic mass is 9.91. The average molecular weight is 329 g/mol. The van der Waals surface area contributed by atoms with Crippen LogP contribution in [0.1, 0.15) is 45.1 Å². The Kier molecular flexibility index (Phi) is 4.32.